The first-order valence-electron chi connectivity index (χ1n) is 9.72. The van der Waals surface area contributed by atoms with Crippen molar-refractivity contribution >= 4 is 28.3 Å². The molecule has 1 aromatic heterocycles. The number of amides is 1. The van der Waals surface area contributed by atoms with Gasteiger partial charge in [-0.2, -0.15) is 0 Å². The van der Waals surface area contributed by atoms with Gasteiger partial charge >= 0.3 is 0 Å². The lowest BCUT2D eigenvalue weighted by Crippen LogP contribution is -2.26. The number of aryl methyl sites for hydroxylation is 1. The Morgan fingerprint density at radius 1 is 1.27 bits per heavy atom. The van der Waals surface area contributed by atoms with Gasteiger partial charge in [0.1, 0.15) is 17.0 Å². The summed E-state index contributed by atoms with van der Waals surface area (Å²) in [7, 11) is 3.24. The third-order valence-electron chi connectivity index (χ3n) is 4.91. The summed E-state index contributed by atoms with van der Waals surface area (Å²) in [4.78, 5) is 25.5. The molecule has 0 saturated heterocycles. The maximum absolute atomic E-state index is 13.0. The van der Waals surface area contributed by atoms with Crippen molar-refractivity contribution in [3.8, 4) is 0 Å². The summed E-state index contributed by atoms with van der Waals surface area (Å²) in [6.07, 6.45) is 0.708. The van der Waals surface area contributed by atoms with Gasteiger partial charge in [0, 0.05) is 56.2 Å². The minimum Gasteiger partial charge on any atom is -0.461 e. The quantitative estimate of drug-likeness (QED) is 0.321. The van der Waals surface area contributed by atoms with Crippen LogP contribution in [0.2, 0.25) is 0 Å². The number of nitro groups is 1. The van der Waals surface area contributed by atoms with Crippen LogP contribution in [-0.4, -0.2) is 43.0 Å². The maximum Gasteiger partial charge on any atom is 0.293 e. The number of nitro benzene ring substituents is 1. The molecular formula is C22H25N3O5. The highest BCUT2D eigenvalue weighted by molar-refractivity contribution is 5.96. The predicted molar refractivity (Wildman–Crippen MR) is 115 cm³/mol. The molecule has 158 valence electrons. The number of rotatable bonds is 9. The average Bonchev–Trinajstić information content (AvgIpc) is 3.11. The molecule has 8 nitrogen and oxygen atoms in total. The van der Waals surface area contributed by atoms with E-state index < -0.39 is 4.92 Å². The molecule has 0 aliphatic heterocycles. The zero-order valence-electron chi connectivity index (χ0n) is 17.3. The Morgan fingerprint density at radius 3 is 2.73 bits per heavy atom. The lowest BCUT2D eigenvalue weighted by atomic mass is 10.1. The molecule has 3 rings (SSSR count). The van der Waals surface area contributed by atoms with Crippen LogP contribution in [-0.2, 0) is 17.7 Å². The van der Waals surface area contributed by atoms with Gasteiger partial charge in [0.05, 0.1) is 11.5 Å². The Balaban J connectivity index is 1.84. The van der Waals surface area contributed by atoms with E-state index in [2.05, 4.69) is 5.32 Å². The molecule has 0 unspecified atom stereocenters. The van der Waals surface area contributed by atoms with E-state index in [1.807, 2.05) is 31.2 Å². The van der Waals surface area contributed by atoms with E-state index in [9.17, 15) is 14.9 Å². The van der Waals surface area contributed by atoms with Crippen molar-refractivity contribution in [2.24, 2.45) is 0 Å². The number of benzene rings is 2. The third-order valence-corrected chi connectivity index (χ3v) is 4.91. The van der Waals surface area contributed by atoms with Crippen LogP contribution in [0.4, 0.5) is 11.4 Å². The first-order valence-corrected chi connectivity index (χ1v) is 9.72. The molecule has 3 aromatic rings. The zero-order chi connectivity index (χ0) is 21.7. The number of fused-ring (bicyclic) bond motifs is 1. The van der Waals surface area contributed by atoms with Gasteiger partial charge in [-0.15, -0.1) is 0 Å². The molecule has 0 saturated carbocycles. The van der Waals surface area contributed by atoms with Crippen LogP contribution in [0, 0.1) is 10.1 Å². The number of hydrogen-bond acceptors (Lipinski definition) is 6. The van der Waals surface area contributed by atoms with Crippen LogP contribution in [0.15, 0.2) is 46.9 Å². The van der Waals surface area contributed by atoms with Gasteiger partial charge in [0.15, 0.2) is 0 Å². The normalized spacial score (nSPS) is 10.9. The summed E-state index contributed by atoms with van der Waals surface area (Å²) < 4.78 is 10.9. The molecule has 1 amide bonds. The van der Waals surface area contributed by atoms with Gasteiger partial charge in [-0.3, -0.25) is 14.9 Å². The topological polar surface area (TPSA) is 97.9 Å². The molecule has 0 aliphatic carbocycles. The van der Waals surface area contributed by atoms with E-state index in [1.54, 1.807) is 31.2 Å². The minimum absolute atomic E-state index is 0.145. The zero-order valence-corrected chi connectivity index (χ0v) is 17.3. The van der Waals surface area contributed by atoms with E-state index in [4.69, 9.17) is 9.15 Å². The molecule has 0 bridgehead atoms. The Morgan fingerprint density at radius 2 is 2.03 bits per heavy atom. The SMILES string of the molecule is CCc1oc2ccccc2c1CN(C)C(=O)c1ccc(NCCOC)c([N+](=O)[O-])c1. The highest BCUT2D eigenvalue weighted by Crippen LogP contribution is 2.29. The van der Waals surface area contributed by atoms with Gasteiger partial charge in [-0.05, 0) is 18.2 Å². The fraction of sp³-hybridized carbons (Fsp3) is 0.318. The Bertz CT molecular complexity index is 1060. The molecule has 0 atom stereocenters. The number of nitrogens with one attached hydrogen (secondary N) is 1. The summed E-state index contributed by atoms with van der Waals surface area (Å²) in [5.74, 6) is 0.536. The second kappa shape index (κ2) is 9.41. The summed E-state index contributed by atoms with van der Waals surface area (Å²) in [6, 6.07) is 12.2. The van der Waals surface area contributed by atoms with E-state index in [-0.39, 0.29) is 17.2 Å². The summed E-state index contributed by atoms with van der Waals surface area (Å²) in [5, 5.41) is 15.4. The highest BCUT2D eigenvalue weighted by Gasteiger charge is 2.22. The molecule has 0 spiro atoms. The lowest BCUT2D eigenvalue weighted by Gasteiger charge is -2.18. The molecule has 1 N–H and O–H groups in total. The summed E-state index contributed by atoms with van der Waals surface area (Å²) in [5.41, 5.74) is 2.20. The number of methoxy groups -OCH3 is 1. The van der Waals surface area contributed by atoms with Crippen molar-refractivity contribution < 1.29 is 18.9 Å². The molecule has 0 radical (unpaired) electrons. The van der Waals surface area contributed by atoms with Crippen LogP contribution in [0.5, 0.6) is 0 Å². The van der Waals surface area contributed by atoms with Crippen LogP contribution in [0.3, 0.4) is 0 Å². The van der Waals surface area contributed by atoms with Gasteiger partial charge in [0.25, 0.3) is 11.6 Å². The Labute approximate surface area is 174 Å². The fourth-order valence-electron chi connectivity index (χ4n) is 3.39. The van der Waals surface area contributed by atoms with Gasteiger partial charge in [0.2, 0.25) is 0 Å². The van der Waals surface area contributed by atoms with Crippen molar-refractivity contribution in [2.45, 2.75) is 19.9 Å². The number of carbonyl (C=O) groups is 1. The number of nitrogens with zero attached hydrogens (tertiary/aromatic N) is 2. The van der Waals surface area contributed by atoms with Crippen LogP contribution in [0.25, 0.3) is 11.0 Å². The summed E-state index contributed by atoms with van der Waals surface area (Å²) in [6.45, 7) is 3.19. The highest BCUT2D eigenvalue weighted by atomic mass is 16.6. The second-order valence-electron chi connectivity index (χ2n) is 6.92. The Hall–Kier alpha value is -3.39. The lowest BCUT2D eigenvalue weighted by molar-refractivity contribution is -0.384. The van der Waals surface area contributed by atoms with Gasteiger partial charge in [-0.25, -0.2) is 0 Å². The van der Waals surface area contributed by atoms with E-state index in [1.165, 1.54) is 6.07 Å². The van der Waals surface area contributed by atoms with Crippen LogP contribution >= 0.6 is 0 Å². The van der Waals surface area contributed by atoms with Crippen molar-refractivity contribution in [1.29, 1.82) is 0 Å². The molecule has 2 aromatic carbocycles. The standard InChI is InChI=1S/C22H25N3O5/c1-4-20-17(16-7-5-6-8-21(16)30-20)14-24(2)22(26)15-9-10-18(23-11-12-29-3)19(13-15)25(27)28/h5-10,13,23H,4,11-12,14H2,1-3H3. The van der Waals surface area contributed by atoms with E-state index in [0.29, 0.717) is 31.8 Å². The van der Waals surface area contributed by atoms with Gasteiger partial charge in [-0.1, -0.05) is 25.1 Å². The average molecular weight is 411 g/mol. The van der Waals surface area contributed by atoms with Crippen molar-refractivity contribution in [2.75, 3.05) is 32.6 Å². The molecule has 0 fully saturated rings. The smallest absolute Gasteiger partial charge is 0.293 e. The number of para-hydroxylation sites is 1. The van der Waals surface area contributed by atoms with Crippen molar-refractivity contribution in [3.63, 3.8) is 0 Å². The fourth-order valence-corrected chi connectivity index (χ4v) is 3.39. The van der Waals surface area contributed by atoms with Gasteiger partial charge < -0.3 is 19.4 Å². The number of anilines is 1. The van der Waals surface area contributed by atoms with Crippen molar-refractivity contribution in [1.82, 2.24) is 4.90 Å². The largest absolute Gasteiger partial charge is 0.461 e. The predicted octanol–water partition coefficient (Wildman–Crippen LogP) is 4.23. The van der Waals surface area contributed by atoms with Crippen molar-refractivity contribution in [3.05, 3.63) is 69.5 Å². The minimum atomic E-state index is -0.495. The number of furan rings is 1. The second-order valence-corrected chi connectivity index (χ2v) is 6.92. The molecule has 0 aliphatic rings. The number of hydrogen-bond donors (Lipinski definition) is 1. The molecular weight excluding hydrogens is 386 g/mol. The van der Waals surface area contributed by atoms with E-state index in [0.717, 1.165) is 22.3 Å². The summed E-state index contributed by atoms with van der Waals surface area (Å²) >= 11 is 0. The number of carbonyl (C=O) groups excluding carboxylic acids is 1. The third kappa shape index (κ3) is 4.44. The molecule has 8 heteroatoms. The van der Waals surface area contributed by atoms with Crippen LogP contribution in [0.1, 0.15) is 28.6 Å². The molecule has 1 heterocycles. The number of ether oxygens (including phenoxy) is 1. The monoisotopic (exact) mass is 411 g/mol. The molecule has 30 heavy (non-hydrogen) atoms. The first-order chi connectivity index (χ1) is 14.5. The maximum atomic E-state index is 13.0. The first kappa shape index (κ1) is 21.3. The van der Waals surface area contributed by atoms with Crippen LogP contribution < -0.4 is 5.32 Å². The van der Waals surface area contributed by atoms with E-state index >= 15 is 0 Å². The Kier molecular flexibility index (Phi) is 6.68.